The maximum atomic E-state index is 15.4. The van der Waals surface area contributed by atoms with Crippen LogP contribution in [0.5, 0.6) is 46.0 Å². The van der Waals surface area contributed by atoms with Gasteiger partial charge in [0, 0.05) is 69.1 Å². The summed E-state index contributed by atoms with van der Waals surface area (Å²) in [6.45, 7) is 12.0. The summed E-state index contributed by atoms with van der Waals surface area (Å²) >= 11 is 0. The van der Waals surface area contributed by atoms with Crippen molar-refractivity contribution in [3.05, 3.63) is 267 Å². The number of fused-ring (bicyclic) bond motifs is 8. The summed E-state index contributed by atoms with van der Waals surface area (Å²) < 4.78 is 66.8. The second-order valence-electron chi connectivity index (χ2n) is 18.3. The Hall–Kier alpha value is -10.7. The lowest BCUT2D eigenvalue weighted by Crippen LogP contribution is -2.26. The molecule has 2 N–H and O–H groups in total. The highest BCUT2D eigenvalue weighted by atomic mass is 31.2. The number of phenols is 2. The Kier molecular flexibility index (Phi) is 20.2. The van der Waals surface area contributed by atoms with Gasteiger partial charge < -0.3 is 28.7 Å². The molecule has 2 unspecified atom stereocenters. The fourth-order valence-electron chi connectivity index (χ4n) is 9.53. The van der Waals surface area contributed by atoms with Crippen molar-refractivity contribution in [3.8, 4) is 68.2 Å². The van der Waals surface area contributed by atoms with Gasteiger partial charge in [-0.25, -0.2) is 4.39 Å². The van der Waals surface area contributed by atoms with Gasteiger partial charge in [-0.2, -0.15) is 0 Å². The average molecular weight is 1220 g/mol. The van der Waals surface area contributed by atoms with Gasteiger partial charge in [0.15, 0.2) is 0 Å². The molecule has 13 rings (SSSR count). The smallest absolute Gasteiger partial charge is 0.311 e. The number of nitro benzene ring substituents is 3. The number of ether oxygens (including phenoxy) is 2. The fraction of sp³-hybridized carbons (Fsp3) is 0.0882. The first-order valence-corrected chi connectivity index (χ1v) is 31.1. The van der Waals surface area contributed by atoms with E-state index in [1.165, 1.54) is 54.6 Å². The number of hydrogen-bond donors (Lipinski definition) is 2. The molecule has 446 valence electrons. The van der Waals surface area contributed by atoms with Crippen molar-refractivity contribution >= 4 is 74.6 Å². The summed E-state index contributed by atoms with van der Waals surface area (Å²) in [5.74, 6) is 1.44. The van der Waals surface area contributed by atoms with E-state index in [0.717, 1.165) is 46.5 Å². The van der Waals surface area contributed by atoms with E-state index in [9.17, 15) is 49.5 Å². The number of benzene rings is 11. The molecule has 0 saturated carbocycles. The molecule has 0 spiro atoms. The quantitative estimate of drug-likeness (QED) is 0.0591. The SMILES string of the molecule is CC.CC.CC.O=P1(c2cc(O)c3ccccc3c2O)Oc2ccccc2-c2ccccc21.O=[N+]([O-])c1ccc(F)cc1.O=[N+]([O-])c1ccc(Oc2cc(P3(=O)Oc4ccccc4-c4ccccc43)c(Oc3ccc([N+](=O)[O-])cc3)c3ccccc23)cc1. The summed E-state index contributed by atoms with van der Waals surface area (Å²) in [5.41, 5.74) is 2.90. The van der Waals surface area contributed by atoms with Crippen molar-refractivity contribution in [2.75, 3.05) is 0 Å². The topological polar surface area (TPSA) is 241 Å². The van der Waals surface area contributed by atoms with Crippen molar-refractivity contribution in [2.24, 2.45) is 0 Å². The van der Waals surface area contributed by atoms with E-state index in [-0.39, 0.29) is 50.7 Å². The minimum atomic E-state index is -3.95. The molecule has 20 heteroatoms. The van der Waals surface area contributed by atoms with Crippen LogP contribution in [0.1, 0.15) is 41.5 Å². The molecule has 11 aromatic carbocycles. The van der Waals surface area contributed by atoms with E-state index in [1.54, 1.807) is 84.9 Å². The van der Waals surface area contributed by atoms with Crippen LogP contribution in [0.25, 0.3) is 43.8 Å². The Morgan fingerprint density at radius 2 is 0.761 bits per heavy atom. The fourth-order valence-corrected chi connectivity index (χ4v) is 14.3. The average Bonchev–Trinajstić information content (AvgIpc) is 0.765. The number of non-ortho nitro benzene ring substituents is 3. The molecule has 11 aromatic rings. The predicted octanol–water partition coefficient (Wildman–Crippen LogP) is 17.9. The first-order chi connectivity index (χ1) is 42.6. The van der Waals surface area contributed by atoms with Crippen LogP contribution in [0.4, 0.5) is 21.5 Å². The third-order valence-corrected chi connectivity index (χ3v) is 18.3. The molecule has 0 aromatic heterocycles. The molecule has 88 heavy (non-hydrogen) atoms. The summed E-state index contributed by atoms with van der Waals surface area (Å²) in [6, 6.07) is 62.0. The monoisotopic (exact) mass is 1220 g/mol. The Morgan fingerprint density at radius 1 is 0.398 bits per heavy atom. The summed E-state index contributed by atoms with van der Waals surface area (Å²) in [5, 5.41) is 57.2. The zero-order chi connectivity index (χ0) is 63.3. The third kappa shape index (κ3) is 12.9. The van der Waals surface area contributed by atoms with Gasteiger partial charge in [-0.1, -0.05) is 163 Å². The molecule has 0 saturated heterocycles. The Morgan fingerprint density at radius 3 is 1.23 bits per heavy atom. The highest BCUT2D eigenvalue weighted by Crippen LogP contribution is 2.58. The number of hydrogen-bond acceptors (Lipinski definition) is 14. The molecule has 0 amide bonds. The van der Waals surface area contributed by atoms with Crippen molar-refractivity contribution in [1.29, 1.82) is 0 Å². The van der Waals surface area contributed by atoms with Crippen LogP contribution in [-0.2, 0) is 9.13 Å². The van der Waals surface area contributed by atoms with Crippen molar-refractivity contribution in [1.82, 2.24) is 0 Å². The van der Waals surface area contributed by atoms with Gasteiger partial charge in [0.1, 0.15) is 51.8 Å². The number of para-hydroxylation sites is 2. The summed E-state index contributed by atoms with van der Waals surface area (Å²) in [4.78, 5) is 30.9. The standard InChI is InChI=1S/C34H21N2O8P.C22H15O4P.C6H4FNO2.3C2H6/c37-35(38)22-13-17-24(18-14-22)42-31-21-33(45(41)32-12-6-4-9-28(32)26-7-3-5-11-30(26)44-45)34(29-10-2-1-8-27(29)31)43-25-19-15-23(16-20-25)36(39)40;23-18-13-21(22(24)17-10-2-1-7-14(17)18)27(25)20-12-6-4-9-16(20)15-8-3-5-11-19(15)26-27;7-5-1-3-6(4-2-5)8(9)10;3*1-2/h1-21H;1-13,23-24H;1-4H;3*1-2H3. The number of aromatic hydroxyl groups is 2. The number of rotatable bonds is 9. The lowest BCUT2D eigenvalue weighted by atomic mass is 10.0. The van der Waals surface area contributed by atoms with Crippen LogP contribution in [0.15, 0.2) is 231 Å². The van der Waals surface area contributed by atoms with Crippen molar-refractivity contribution < 1.29 is 57.0 Å². The van der Waals surface area contributed by atoms with E-state index in [0.29, 0.717) is 55.2 Å². The van der Waals surface area contributed by atoms with E-state index in [2.05, 4.69) is 0 Å². The van der Waals surface area contributed by atoms with Gasteiger partial charge in [0.25, 0.3) is 17.1 Å². The largest absolute Gasteiger partial charge is 0.507 e. The van der Waals surface area contributed by atoms with E-state index in [1.807, 2.05) is 108 Å². The van der Waals surface area contributed by atoms with Crippen LogP contribution in [0.2, 0.25) is 0 Å². The number of phenolic OH excluding ortho intramolecular Hbond substituents is 2. The molecule has 17 nitrogen and oxygen atoms in total. The molecular formula is C68H58FN3O14P2. The first kappa shape index (κ1) is 63.4. The summed E-state index contributed by atoms with van der Waals surface area (Å²) in [7, 11) is -7.61. The molecule has 0 bridgehead atoms. The highest BCUT2D eigenvalue weighted by molar-refractivity contribution is 7.75. The van der Waals surface area contributed by atoms with Crippen LogP contribution < -0.4 is 39.7 Å². The van der Waals surface area contributed by atoms with Gasteiger partial charge in [0.2, 0.25) is 0 Å². The minimum absolute atomic E-state index is 0.0476. The van der Waals surface area contributed by atoms with Gasteiger partial charge >= 0.3 is 14.7 Å². The number of halogens is 1. The van der Waals surface area contributed by atoms with Crippen LogP contribution in [-0.4, -0.2) is 25.0 Å². The Balaban J connectivity index is 0.000000196. The van der Waals surface area contributed by atoms with Gasteiger partial charge in [-0.15, -0.1) is 0 Å². The maximum Gasteiger partial charge on any atom is 0.311 e. The lowest BCUT2D eigenvalue weighted by Gasteiger charge is -2.30. The van der Waals surface area contributed by atoms with E-state index in [4.69, 9.17) is 18.5 Å². The highest BCUT2D eigenvalue weighted by Gasteiger charge is 2.43. The molecule has 0 radical (unpaired) electrons. The first-order valence-electron chi connectivity index (χ1n) is 27.8. The van der Waals surface area contributed by atoms with Gasteiger partial charge in [0.05, 0.1) is 36.0 Å². The molecule has 2 atom stereocenters. The Bertz CT molecular complexity index is 4450. The lowest BCUT2D eigenvalue weighted by molar-refractivity contribution is -0.385. The zero-order valence-electron chi connectivity index (χ0n) is 48.3. The predicted molar refractivity (Wildman–Crippen MR) is 343 cm³/mol. The molecule has 2 aliphatic heterocycles. The number of nitro groups is 3. The van der Waals surface area contributed by atoms with Crippen molar-refractivity contribution in [2.45, 2.75) is 41.5 Å². The molecule has 0 fully saturated rings. The van der Waals surface area contributed by atoms with Gasteiger partial charge in [-0.05, 0) is 83.9 Å². The van der Waals surface area contributed by atoms with Gasteiger partial charge in [-0.3, -0.25) is 39.5 Å². The second kappa shape index (κ2) is 28.0. The van der Waals surface area contributed by atoms with Crippen LogP contribution >= 0.6 is 14.7 Å². The molecular weight excluding hydrogens is 1160 g/mol. The molecule has 2 aliphatic rings. The maximum absolute atomic E-state index is 15.4. The molecule has 0 aliphatic carbocycles. The third-order valence-electron chi connectivity index (χ3n) is 13.4. The normalized spacial score (nSPS) is 14.4. The molecule has 2 heterocycles. The van der Waals surface area contributed by atoms with E-state index >= 15 is 4.57 Å². The second-order valence-corrected chi connectivity index (χ2v) is 22.8. The van der Waals surface area contributed by atoms with Crippen LogP contribution in [0, 0.1) is 36.2 Å². The number of nitrogens with zero attached hydrogens (tertiary/aromatic N) is 3. The van der Waals surface area contributed by atoms with E-state index < -0.39 is 35.3 Å². The summed E-state index contributed by atoms with van der Waals surface area (Å²) in [6.07, 6.45) is 0. The van der Waals surface area contributed by atoms with Crippen LogP contribution in [0.3, 0.4) is 0 Å². The Labute approximate surface area is 505 Å². The van der Waals surface area contributed by atoms with Crippen molar-refractivity contribution in [3.63, 3.8) is 0 Å². The zero-order valence-corrected chi connectivity index (χ0v) is 50.1. The minimum Gasteiger partial charge on any atom is -0.507 e.